The second kappa shape index (κ2) is 8.51. The first-order valence-electron chi connectivity index (χ1n) is 8.51. The predicted molar refractivity (Wildman–Crippen MR) is 98.2 cm³/mol. The summed E-state index contributed by atoms with van der Waals surface area (Å²) in [7, 11) is 0. The summed E-state index contributed by atoms with van der Waals surface area (Å²) in [6, 6.07) is 8.35. The van der Waals surface area contributed by atoms with Crippen LogP contribution in [-0.2, 0) is 0 Å². The maximum absolute atomic E-state index is 13.7. The molecule has 138 valence electrons. The molecule has 1 saturated carbocycles. The Hall–Kier alpha value is -2.12. The van der Waals surface area contributed by atoms with Crippen molar-refractivity contribution in [2.75, 3.05) is 6.26 Å². The van der Waals surface area contributed by atoms with Gasteiger partial charge in [-0.1, -0.05) is 6.07 Å². The molecule has 0 aliphatic heterocycles. The van der Waals surface area contributed by atoms with E-state index in [0.717, 1.165) is 36.4 Å². The Morgan fingerprint density at radius 3 is 3.00 bits per heavy atom. The zero-order valence-electron chi connectivity index (χ0n) is 14.4. The molecule has 1 heterocycles. The maximum Gasteiger partial charge on any atom is 0.257 e. The molecule has 0 bridgehead atoms. The highest BCUT2D eigenvalue weighted by Gasteiger charge is 2.24. The third-order valence-electron chi connectivity index (χ3n) is 4.30. The lowest BCUT2D eigenvalue weighted by Gasteiger charge is -2.26. The van der Waals surface area contributed by atoms with Crippen LogP contribution in [0, 0.1) is 5.82 Å². The molecule has 3 rings (SSSR count). The fraction of sp³-hybridized carbons (Fsp3) is 0.368. The molecule has 0 spiro atoms. The molecule has 5 nitrogen and oxygen atoms in total. The summed E-state index contributed by atoms with van der Waals surface area (Å²) < 4.78 is 19.4. The Morgan fingerprint density at radius 1 is 1.38 bits per heavy atom. The Morgan fingerprint density at radius 2 is 2.23 bits per heavy atom. The Bertz CT molecular complexity index is 787. The van der Waals surface area contributed by atoms with Gasteiger partial charge in [0.1, 0.15) is 17.1 Å². The van der Waals surface area contributed by atoms with Crippen molar-refractivity contribution in [3.05, 3.63) is 47.9 Å². The number of carbonyl (C=O) groups is 1. The average molecular weight is 376 g/mol. The van der Waals surface area contributed by atoms with Crippen LogP contribution in [0.1, 0.15) is 36.0 Å². The third-order valence-corrected chi connectivity index (χ3v) is 5.03. The lowest BCUT2D eigenvalue weighted by molar-refractivity contribution is 0.0847. The number of hydrogen-bond donors (Lipinski definition) is 2. The Balaban J connectivity index is 1.79. The predicted octanol–water partition coefficient (Wildman–Crippen LogP) is 3.77. The molecule has 1 aliphatic carbocycles. The second-order valence-corrected chi connectivity index (χ2v) is 7.16. The van der Waals surface area contributed by atoms with Gasteiger partial charge >= 0.3 is 0 Å². The van der Waals surface area contributed by atoms with Crippen molar-refractivity contribution in [1.29, 1.82) is 0 Å². The Labute approximate surface area is 156 Å². The van der Waals surface area contributed by atoms with E-state index in [9.17, 15) is 14.3 Å². The minimum absolute atomic E-state index is 0.0413. The van der Waals surface area contributed by atoms with Gasteiger partial charge in [0.05, 0.1) is 12.3 Å². The first-order valence-corrected chi connectivity index (χ1v) is 9.74. The molecule has 26 heavy (non-hydrogen) atoms. The Kier molecular flexibility index (Phi) is 6.11. The molecule has 2 atom stereocenters. The van der Waals surface area contributed by atoms with Crippen molar-refractivity contribution >= 4 is 17.7 Å². The van der Waals surface area contributed by atoms with Gasteiger partial charge in [0.15, 0.2) is 0 Å². The van der Waals surface area contributed by atoms with E-state index in [2.05, 4.69) is 10.3 Å². The molecule has 2 aromatic rings. The largest absolute Gasteiger partial charge is 0.438 e. The van der Waals surface area contributed by atoms with Crippen molar-refractivity contribution in [3.8, 4) is 11.6 Å². The number of carbonyl (C=O) groups excluding carboxylic acids is 1. The van der Waals surface area contributed by atoms with Gasteiger partial charge < -0.3 is 15.2 Å². The van der Waals surface area contributed by atoms with Crippen LogP contribution in [0.3, 0.4) is 0 Å². The zero-order chi connectivity index (χ0) is 18.5. The van der Waals surface area contributed by atoms with Crippen molar-refractivity contribution in [3.63, 3.8) is 0 Å². The number of nitrogens with zero attached hydrogens (tertiary/aromatic N) is 1. The van der Waals surface area contributed by atoms with E-state index in [0.29, 0.717) is 12.2 Å². The molecule has 0 radical (unpaired) electrons. The normalized spacial score (nSPS) is 19.8. The fourth-order valence-corrected chi connectivity index (χ4v) is 3.45. The first kappa shape index (κ1) is 18.7. The number of pyridine rings is 1. The first-order chi connectivity index (χ1) is 12.5. The summed E-state index contributed by atoms with van der Waals surface area (Å²) >= 11 is 1.57. The van der Waals surface area contributed by atoms with Gasteiger partial charge in [0, 0.05) is 10.9 Å². The van der Waals surface area contributed by atoms with E-state index in [-0.39, 0.29) is 17.5 Å². The highest BCUT2D eigenvalue weighted by molar-refractivity contribution is 7.98. The van der Waals surface area contributed by atoms with Crippen molar-refractivity contribution in [2.24, 2.45) is 0 Å². The van der Waals surface area contributed by atoms with Crippen LogP contribution in [-0.4, -0.2) is 34.4 Å². The van der Waals surface area contributed by atoms with Gasteiger partial charge in [-0.05, 0) is 56.2 Å². The van der Waals surface area contributed by atoms with Crippen molar-refractivity contribution < 1.29 is 19.0 Å². The standard InChI is InChI=1S/C19H21FN2O3S/c1-26-16-7-3-6-15(10-16)25-19-17(8-12(20)11-21-19)18(24)22-13-4-2-5-14(23)9-13/h3,6-8,10-11,13-14,23H,2,4-5,9H2,1H3,(H,22,24). The molecular weight excluding hydrogens is 355 g/mol. The van der Waals surface area contributed by atoms with Crippen LogP contribution < -0.4 is 10.1 Å². The van der Waals surface area contributed by atoms with Crippen LogP contribution in [0.5, 0.6) is 11.6 Å². The van der Waals surface area contributed by atoms with Crippen LogP contribution in [0.25, 0.3) is 0 Å². The van der Waals surface area contributed by atoms with Crippen molar-refractivity contribution in [2.45, 2.75) is 42.7 Å². The number of aliphatic hydroxyl groups is 1. The van der Waals surface area contributed by atoms with E-state index < -0.39 is 17.8 Å². The minimum Gasteiger partial charge on any atom is -0.438 e. The topological polar surface area (TPSA) is 71.5 Å². The van der Waals surface area contributed by atoms with E-state index in [1.165, 1.54) is 0 Å². The molecule has 1 amide bonds. The molecule has 1 aromatic heterocycles. The van der Waals surface area contributed by atoms with Crippen LogP contribution >= 0.6 is 11.8 Å². The molecule has 1 aliphatic rings. The van der Waals surface area contributed by atoms with Crippen LogP contribution in [0.4, 0.5) is 4.39 Å². The number of aliphatic hydroxyl groups excluding tert-OH is 1. The highest BCUT2D eigenvalue weighted by atomic mass is 32.2. The van der Waals surface area contributed by atoms with Gasteiger partial charge in [-0.2, -0.15) is 0 Å². The summed E-state index contributed by atoms with van der Waals surface area (Å²) in [5.74, 6) is -0.479. The quantitative estimate of drug-likeness (QED) is 0.778. The highest BCUT2D eigenvalue weighted by Crippen LogP contribution is 2.27. The number of nitrogens with one attached hydrogen (secondary N) is 1. The van der Waals surface area contributed by atoms with E-state index in [1.807, 2.05) is 24.5 Å². The lowest BCUT2D eigenvalue weighted by atomic mass is 9.93. The van der Waals surface area contributed by atoms with Gasteiger partial charge in [0.2, 0.25) is 5.88 Å². The van der Waals surface area contributed by atoms with E-state index >= 15 is 0 Å². The van der Waals surface area contributed by atoms with Gasteiger partial charge in [-0.3, -0.25) is 4.79 Å². The SMILES string of the molecule is CSc1cccc(Oc2ncc(F)cc2C(=O)NC2CCCC(O)C2)c1. The molecule has 1 fully saturated rings. The summed E-state index contributed by atoms with van der Waals surface area (Å²) in [6.07, 6.45) is 5.44. The molecular formula is C19H21FN2O3S. The molecule has 1 aromatic carbocycles. The zero-order valence-corrected chi connectivity index (χ0v) is 15.3. The number of ether oxygens (including phenoxy) is 1. The lowest BCUT2D eigenvalue weighted by Crippen LogP contribution is -2.39. The average Bonchev–Trinajstić information content (AvgIpc) is 2.63. The molecule has 2 unspecified atom stereocenters. The van der Waals surface area contributed by atoms with Gasteiger partial charge in [-0.25, -0.2) is 9.37 Å². The van der Waals surface area contributed by atoms with Gasteiger partial charge in [-0.15, -0.1) is 11.8 Å². The number of thioether (sulfide) groups is 1. The number of benzene rings is 1. The van der Waals surface area contributed by atoms with E-state index in [1.54, 1.807) is 17.8 Å². The number of halogens is 1. The summed E-state index contributed by atoms with van der Waals surface area (Å²) in [5.41, 5.74) is 0.0413. The summed E-state index contributed by atoms with van der Waals surface area (Å²) in [4.78, 5) is 17.6. The maximum atomic E-state index is 13.7. The summed E-state index contributed by atoms with van der Waals surface area (Å²) in [5, 5.41) is 12.6. The second-order valence-electron chi connectivity index (χ2n) is 6.28. The monoisotopic (exact) mass is 376 g/mol. The number of hydrogen-bond acceptors (Lipinski definition) is 5. The fourth-order valence-electron chi connectivity index (χ4n) is 3.01. The third kappa shape index (κ3) is 4.74. The smallest absolute Gasteiger partial charge is 0.257 e. The number of amides is 1. The molecule has 7 heteroatoms. The minimum atomic E-state index is -0.607. The van der Waals surface area contributed by atoms with Crippen LogP contribution in [0.2, 0.25) is 0 Å². The van der Waals surface area contributed by atoms with Gasteiger partial charge in [0.25, 0.3) is 5.91 Å². The number of rotatable bonds is 5. The molecule has 2 N–H and O–H groups in total. The van der Waals surface area contributed by atoms with Crippen LogP contribution in [0.15, 0.2) is 41.4 Å². The summed E-state index contributed by atoms with van der Waals surface area (Å²) in [6.45, 7) is 0. The molecule has 0 saturated heterocycles. The number of aromatic nitrogens is 1. The van der Waals surface area contributed by atoms with E-state index in [4.69, 9.17) is 4.74 Å². The van der Waals surface area contributed by atoms with Crippen molar-refractivity contribution in [1.82, 2.24) is 10.3 Å².